The lowest BCUT2D eigenvalue weighted by Crippen LogP contribution is -2.47. The number of hydrogen-bond acceptors (Lipinski definition) is 7. The number of benzene rings is 1. The van der Waals surface area contributed by atoms with Crippen molar-refractivity contribution < 1.29 is 28.9 Å². The number of hydrogen-bond donors (Lipinski definition) is 4. The van der Waals surface area contributed by atoms with Crippen molar-refractivity contribution in [2.45, 2.75) is 32.9 Å². The number of carbonyl (C=O) groups excluding carboxylic acids is 2. The summed E-state index contributed by atoms with van der Waals surface area (Å²) in [5.74, 6) is -1.88. The van der Waals surface area contributed by atoms with E-state index in [1.807, 2.05) is 0 Å². The number of aromatic hydroxyl groups is 1. The van der Waals surface area contributed by atoms with Crippen LogP contribution in [0.3, 0.4) is 0 Å². The Morgan fingerprint density at radius 3 is 2.50 bits per heavy atom. The van der Waals surface area contributed by atoms with Gasteiger partial charge in [0.1, 0.15) is 16.9 Å². The Kier molecular flexibility index (Phi) is 9.33. The van der Waals surface area contributed by atoms with Gasteiger partial charge in [-0.15, -0.1) is 0 Å². The molecule has 0 saturated carbocycles. The summed E-state index contributed by atoms with van der Waals surface area (Å²) < 4.78 is 19.9. The fourth-order valence-electron chi connectivity index (χ4n) is 4.52. The minimum absolute atomic E-state index is 0.00125. The Bertz CT molecular complexity index is 1420. The van der Waals surface area contributed by atoms with Gasteiger partial charge in [0.05, 0.1) is 31.4 Å². The SMILES string of the molecule is CC(C)C(CO)NC(=O)c1c(O)c2ncc(Cc3ccc(F)cc3)cc2n(CCNC(=O)N2CCOCC2)c1=O. The van der Waals surface area contributed by atoms with Crippen molar-refractivity contribution >= 4 is 23.0 Å². The third-order valence-electron chi connectivity index (χ3n) is 6.91. The summed E-state index contributed by atoms with van der Waals surface area (Å²) in [5.41, 5.74) is 0.577. The van der Waals surface area contributed by atoms with Crippen LogP contribution in [0.2, 0.25) is 0 Å². The minimum Gasteiger partial charge on any atom is -0.505 e. The summed E-state index contributed by atoms with van der Waals surface area (Å²) in [6.07, 6.45) is 1.91. The predicted molar refractivity (Wildman–Crippen MR) is 146 cm³/mol. The van der Waals surface area contributed by atoms with Crippen molar-refractivity contribution in [2.75, 3.05) is 39.5 Å². The largest absolute Gasteiger partial charge is 0.505 e. The molecule has 1 aromatic carbocycles. The highest BCUT2D eigenvalue weighted by Crippen LogP contribution is 2.26. The summed E-state index contributed by atoms with van der Waals surface area (Å²) in [7, 11) is 0. The van der Waals surface area contributed by atoms with E-state index in [1.165, 1.54) is 22.9 Å². The van der Waals surface area contributed by atoms with Gasteiger partial charge in [0, 0.05) is 32.4 Å². The summed E-state index contributed by atoms with van der Waals surface area (Å²) in [5, 5.41) is 26.1. The van der Waals surface area contributed by atoms with Gasteiger partial charge in [-0.1, -0.05) is 26.0 Å². The lowest BCUT2D eigenvalue weighted by molar-refractivity contribution is 0.0532. The third kappa shape index (κ3) is 6.57. The maximum Gasteiger partial charge on any atom is 0.317 e. The normalized spacial score (nSPS) is 14.4. The predicted octanol–water partition coefficient (Wildman–Crippen LogP) is 1.62. The van der Waals surface area contributed by atoms with E-state index in [0.717, 1.165) is 5.56 Å². The molecule has 3 aromatic rings. The van der Waals surface area contributed by atoms with Gasteiger partial charge in [0.15, 0.2) is 5.75 Å². The molecule has 1 unspecified atom stereocenters. The summed E-state index contributed by atoms with van der Waals surface area (Å²) >= 11 is 0. The number of aliphatic hydroxyl groups is 1. The molecular formula is C28H34FN5O6. The first kappa shape index (κ1) is 29.0. The van der Waals surface area contributed by atoms with E-state index in [4.69, 9.17) is 4.74 Å². The van der Waals surface area contributed by atoms with Gasteiger partial charge in [0.25, 0.3) is 11.5 Å². The Labute approximate surface area is 230 Å². The van der Waals surface area contributed by atoms with E-state index in [1.54, 1.807) is 36.9 Å². The van der Waals surface area contributed by atoms with E-state index < -0.39 is 28.8 Å². The lowest BCUT2D eigenvalue weighted by Gasteiger charge is -2.27. The van der Waals surface area contributed by atoms with Gasteiger partial charge in [0.2, 0.25) is 0 Å². The van der Waals surface area contributed by atoms with Crippen LogP contribution in [-0.4, -0.2) is 82.1 Å². The van der Waals surface area contributed by atoms with Crippen LogP contribution in [0.15, 0.2) is 41.3 Å². The average Bonchev–Trinajstić information content (AvgIpc) is 2.95. The molecule has 1 saturated heterocycles. The van der Waals surface area contributed by atoms with E-state index in [9.17, 15) is 29.0 Å². The van der Waals surface area contributed by atoms with Crippen LogP contribution < -0.4 is 16.2 Å². The van der Waals surface area contributed by atoms with E-state index in [2.05, 4.69) is 15.6 Å². The molecular weight excluding hydrogens is 521 g/mol. The molecule has 0 aliphatic carbocycles. The number of amides is 3. The molecule has 1 fully saturated rings. The molecule has 1 atom stereocenters. The number of aliphatic hydroxyl groups excluding tert-OH is 1. The Morgan fingerprint density at radius 2 is 1.85 bits per heavy atom. The number of pyridine rings is 2. The van der Waals surface area contributed by atoms with E-state index in [-0.39, 0.29) is 48.5 Å². The van der Waals surface area contributed by atoms with Gasteiger partial charge >= 0.3 is 6.03 Å². The fraction of sp³-hybridized carbons (Fsp3) is 0.429. The number of morpholine rings is 1. The molecule has 0 bridgehead atoms. The van der Waals surface area contributed by atoms with Crippen LogP contribution in [0.1, 0.15) is 35.3 Å². The lowest BCUT2D eigenvalue weighted by atomic mass is 10.0. The smallest absolute Gasteiger partial charge is 0.317 e. The van der Waals surface area contributed by atoms with Crippen LogP contribution in [0.4, 0.5) is 9.18 Å². The summed E-state index contributed by atoms with van der Waals surface area (Å²) in [4.78, 5) is 45.3. The number of ether oxygens (including phenoxy) is 1. The van der Waals surface area contributed by atoms with Gasteiger partial charge in [-0.05, 0) is 41.7 Å². The second-order valence-corrected chi connectivity index (χ2v) is 10.0. The Hall–Kier alpha value is -4.03. The van der Waals surface area contributed by atoms with Gasteiger partial charge in [-0.2, -0.15) is 0 Å². The zero-order valence-electron chi connectivity index (χ0n) is 22.5. The van der Waals surface area contributed by atoms with Crippen molar-refractivity contribution in [3.05, 3.63) is 69.4 Å². The Balaban J connectivity index is 1.70. The number of urea groups is 1. The van der Waals surface area contributed by atoms with Crippen molar-refractivity contribution in [1.29, 1.82) is 0 Å². The molecule has 3 heterocycles. The second-order valence-electron chi connectivity index (χ2n) is 10.0. The zero-order valence-corrected chi connectivity index (χ0v) is 22.5. The minimum atomic E-state index is -0.833. The molecule has 3 amide bonds. The maximum absolute atomic E-state index is 13.6. The van der Waals surface area contributed by atoms with E-state index >= 15 is 0 Å². The number of rotatable bonds is 9. The molecule has 4 N–H and O–H groups in total. The Morgan fingerprint density at radius 1 is 1.15 bits per heavy atom. The van der Waals surface area contributed by atoms with Crippen LogP contribution in [0.25, 0.3) is 11.0 Å². The molecule has 0 radical (unpaired) electrons. The van der Waals surface area contributed by atoms with Crippen LogP contribution in [0, 0.1) is 11.7 Å². The quantitative estimate of drug-likeness (QED) is 0.314. The van der Waals surface area contributed by atoms with Crippen LogP contribution >= 0.6 is 0 Å². The highest BCUT2D eigenvalue weighted by atomic mass is 19.1. The number of nitrogens with zero attached hydrogens (tertiary/aromatic N) is 3. The number of aromatic nitrogens is 2. The van der Waals surface area contributed by atoms with Crippen molar-refractivity contribution in [1.82, 2.24) is 25.1 Å². The molecule has 11 nitrogen and oxygen atoms in total. The molecule has 214 valence electrons. The van der Waals surface area contributed by atoms with Crippen molar-refractivity contribution in [3.8, 4) is 5.75 Å². The molecule has 0 spiro atoms. The highest BCUT2D eigenvalue weighted by Gasteiger charge is 2.26. The molecule has 12 heteroatoms. The van der Waals surface area contributed by atoms with Gasteiger partial charge in [-0.25, -0.2) is 9.18 Å². The standard InChI is InChI=1S/C28H34FN5O6/c1-17(2)21(16-35)32-26(37)23-25(36)24-22(14-19(15-31-24)13-18-3-5-20(29)6-4-18)34(27(23)38)8-7-30-28(39)33-9-11-40-12-10-33/h3-6,14-15,17,21,35-36H,7-13,16H2,1-2H3,(H,30,39)(H,32,37). The number of fused-ring (bicyclic) bond motifs is 1. The number of nitrogens with one attached hydrogen (secondary N) is 2. The summed E-state index contributed by atoms with van der Waals surface area (Å²) in [6, 6.07) is 6.75. The third-order valence-corrected chi connectivity index (χ3v) is 6.91. The molecule has 2 aromatic heterocycles. The van der Waals surface area contributed by atoms with Gasteiger partial charge < -0.3 is 35.1 Å². The van der Waals surface area contributed by atoms with Crippen LogP contribution in [-0.2, 0) is 17.7 Å². The van der Waals surface area contributed by atoms with Crippen molar-refractivity contribution in [2.24, 2.45) is 5.92 Å². The number of carbonyl (C=O) groups is 2. The first-order valence-electron chi connectivity index (χ1n) is 13.2. The molecule has 40 heavy (non-hydrogen) atoms. The number of halogens is 1. The highest BCUT2D eigenvalue weighted by molar-refractivity contribution is 6.01. The average molecular weight is 556 g/mol. The second kappa shape index (κ2) is 12.9. The molecule has 1 aliphatic rings. The molecule has 4 rings (SSSR count). The first-order chi connectivity index (χ1) is 19.2. The monoisotopic (exact) mass is 555 g/mol. The van der Waals surface area contributed by atoms with Crippen LogP contribution in [0.5, 0.6) is 5.75 Å². The van der Waals surface area contributed by atoms with Crippen molar-refractivity contribution in [3.63, 3.8) is 0 Å². The topological polar surface area (TPSA) is 146 Å². The van der Waals surface area contributed by atoms with E-state index in [0.29, 0.717) is 38.3 Å². The first-order valence-corrected chi connectivity index (χ1v) is 13.2. The maximum atomic E-state index is 13.6. The van der Waals surface area contributed by atoms with Gasteiger partial charge in [-0.3, -0.25) is 14.6 Å². The summed E-state index contributed by atoms with van der Waals surface area (Å²) in [6.45, 7) is 5.15. The fourth-order valence-corrected chi connectivity index (χ4v) is 4.52. The molecule has 1 aliphatic heterocycles. The zero-order chi connectivity index (χ0) is 28.8.